The Morgan fingerprint density at radius 2 is 1.31 bits per heavy atom. The zero-order valence-corrected chi connectivity index (χ0v) is 29.6. The summed E-state index contributed by atoms with van der Waals surface area (Å²) in [5.41, 5.74) is 8.00. The van der Waals surface area contributed by atoms with Crippen LogP contribution in [0.1, 0.15) is 59.8 Å². The molecule has 54 heavy (non-hydrogen) atoms. The van der Waals surface area contributed by atoms with Gasteiger partial charge in [0, 0.05) is 24.5 Å². The van der Waals surface area contributed by atoms with E-state index in [2.05, 4.69) is 38.8 Å². The number of rotatable bonds is 5. The zero-order valence-electron chi connectivity index (χ0n) is 29.6. The number of ether oxygens (including phenoxy) is 2. The molecule has 14 nitrogen and oxygen atoms in total. The molecule has 2 amide bonds. The number of fused-ring (bicyclic) bond motifs is 6. The molecule has 4 heterocycles. The summed E-state index contributed by atoms with van der Waals surface area (Å²) in [7, 11) is 0. The summed E-state index contributed by atoms with van der Waals surface area (Å²) in [4.78, 5) is 31.2. The van der Waals surface area contributed by atoms with Gasteiger partial charge in [-0.2, -0.15) is 0 Å². The van der Waals surface area contributed by atoms with E-state index < -0.39 is 41.3 Å². The Morgan fingerprint density at radius 1 is 0.870 bits per heavy atom. The molecule has 2 aliphatic heterocycles. The van der Waals surface area contributed by atoms with E-state index >= 15 is 0 Å². The van der Waals surface area contributed by atoms with E-state index in [9.17, 15) is 33.0 Å². The molecule has 0 radical (unpaired) electrons. The predicted molar refractivity (Wildman–Crippen MR) is 188 cm³/mol. The summed E-state index contributed by atoms with van der Waals surface area (Å²) in [6, 6.07) is 5.17. The van der Waals surface area contributed by atoms with Crippen LogP contribution in [-0.4, -0.2) is 83.1 Å². The van der Waals surface area contributed by atoms with Crippen molar-refractivity contribution in [3.05, 3.63) is 70.8 Å². The highest BCUT2D eigenvalue weighted by atomic mass is 19.1. The van der Waals surface area contributed by atoms with Crippen molar-refractivity contribution in [2.24, 2.45) is 22.5 Å². The van der Waals surface area contributed by atoms with Crippen molar-refractivity contribution in [2.75, 3.05) is 19.9 Å². The van der Waals surface area contributed by atoms with Gasteiger partial charge in [0.2, 0.25) is 0 Å². The van der Waals surface area contributed by atoms with Crippen LogP contribution in [-0.2, 0) is 13.1 Å². The maximum absolute atomic E-state index is 14.6. The standard InChI is InChI=1S/C20H21FN4O4.C17H15F2N3O3/c1-11(2)17(24-28)20(3,27)5-4-12-8-13-16(9-14(12)21)29-7-6-25-10-15(18(22)26)23-19(13)25;1-17(24,9-18)3-2-10-6-11-14(7-12(10)19)25-5-4-22-8-13(15(20)23)21-16(11)22/h8-11,27-28H,6-7H2,1-3H3,(H2,22,26);6-8,24H,4-5,9H2,1H3,(H2,20,23)/b24-17+;. The van der Waals surface area contributed by atoms with E-state index in [4.69, 9.17) is 26.1 Å². The third-order valence-electron chi connectivity index (χ3n) is 8.18. The molecule has 6 rings (SSSR count). The highest BCUT2D eigenvalue weighted by Crippen LogP contribution is 2.35. The molecule has 2 aromatic heterocycles. The van der Waals surface area contributed by atoms with Crippen molar-refractivity contribution in [1.82, 2.24) is 19.1 Å². The van der Waals surface area contributed by atoms with Gasteiger partial charge in [0.05, 0.1) is 35.3 Å². The number of nitrogens with two attached hydrogens (primary N) is 2. The molecule has 0 aliphatic carbocycles. The van der Waals surface area contributed by atoms with Crippen LogP contribution in [0.2, 0.25) is 0 Å². The fourth-order valence-electron chi connectivity index (χ4n) is 5.50. The van der Waals surface area contributed by atoms with Gasteiger partial charge in [-0.05, 0) is 31.9 Å². The quantitative estimate of drug-likeness (QED) is 0.0878. The molecular weight excluding hydrogens is 711 g/mol. The fourth-order valence-corrected chi connectivity index (χ4v) is 5.50. The number of halogens is 3. The predicted octanol–water partition coefficient (Wildman–Crippen LogP) is 3.02. The Kier molecular flexibility index (Phi) is 11.1. The first-order chi connectivity index (χ1) is 25.4. The first-order valence-electron chi connectivity index (χ1n) is 16.4. The molecule has 2 aromatic carbocycles. The number of aromatic nitrogens is 4. The van der Waals surface area contributed by atoms with Gasteiger partial charge >= 0.3 is 0 Å². The number of carbonyl (C=O) groups excluding carboxylic acids is 2. The van der Waals surface area contributed by atoms with Gasteiger partial charge < -0.3 is 45.5 Å². The minimum absolute atomic E-state index is 0.00857. The van der Waals surface area contributed by atoms with Crippen LogP contribution in [0.4, 0.5) is 13.2 Å². The van der Waals surface area contributed by atoms with Crippen LogP contribution < -0.4 is 20.9 Å². The van der Waals surface area contributed by atoms with E-state index in [1.807, 2.05) is 0 Å². The van der Waals surface area contributed by atoms with Crippen molar-refractivity contribution < 1.29 is 47.7 Å². The number of amides is 2. The normalized spacial score (nSPS) is 15.1. The fraction of sp³-hybridized carbons (Fsp3) is 0.324. The largest absolute Gasteiger partial charge is 0.491 e. The molecule has 2 atom stereocenters. The molecule has 0 fully saturated rings. The third kappa shape index (κ3) is 8.33. The summed E-state index contributed by atoms with van der Waals surface area (Å²) in [6.07, 6.45) is 3.01. The van der Waals surface area contributed by atoms with Crippen molar-refractivity contribution >= 4 is 17.5 Å². The lowest BCUT2D eigenvalue weighted by atomic mass is 9.91. The molecule has 0 saturated carbocycles. The SMILES string of the molecule is CC(C)/C(=N\O)C(C)(O)C#Cc1cc2c(cc1F)OCCn1cc(C(N)=O)nc1-2.CC(O)(C#Cc1cc2c(cc1F)OCCn1cc(C(N)=O)nc1-2)CF. The van der Waals surface area contributed by atoms with E-state index in [1.54, 1.807) is 23.0 Å². The molecule has 0 bridgehead atoms. The summed E-state index contributed by atoms with van der Waals surface area (Å²) < 4.78 is 56.0. The number of alkyl halides is 1. The van der Waals surface area contributed by atoms with Gasteiger partial charge in [-0.15, -0.1) is 0 Å². The van der Waals surface area contributed by atoms with Crippen LogP contribution >= 0.6 is 0 Å². The van der Waals surface area contributed by atoms with Gasteiger partial charge in [-0.25, -0.2) is 23.1 Å². The van der Waals surface area contributed by atoms with Gasteiger partial charge in [0.25, 0.3) is 11.8 Å². The molecule has 4 aromatic rings. The smallest absolute Gasteiger partial charge is 0.268 e. The van der Waals surface area contributed by atoms with Crippen molar-refractivity contribution in [1.29, 1.82) is 0 Å². The molecular formula is C37H36F3N7O7. The Morgan fingerprint density at radius 3 is 1.70 bits per heavy atom. The van der Waals surface area contributed by atoms with Crippen molar-refractivity contribution in [2.45, 2.75) is 52.0 Å². The molecule has 0 saturated heterocycles. The number of hydrogen-bond acceptors (Lipinski definition) is 10. The zero-order chi connectivity index (χ0) is 39.5. The monoisotopic (exact) mass is 747 g/mol. The summed E-state index contributed by atoms with van der Waals surface area (Å²) in [6.45, 7) is 6.29. The first kappa shape index (κ1) is 38.9. The van der Waals surface area contributed by atoms with Gasteiger partial charge in [0.15, 0.2) is 11.2 Å². The molecule has 17 heteroatoms. The summed E-state index contributed by atoms with van der Waals surface area (Å²) >= 11 is 0. The molecule has 2 unspecified atom stereocenters. The second-order valence-electron chi connectivity index (χ2n) is 13.0. The van der Waals surface area contributed by atoms with Crippen LogP contribution in [0.25, 0.3) is 22.8 Å². The second kappa shape index (κ2) is 15.4. The van der Waals surface area contributed by atoms with Crippen LogP contribution in [0.15, 0.2) is 41.8 Å². The third-order valence-corrected chi connectivity index (χ3v) is 8.18. The summed E-state index contributed by atoms with van der Waals surface area (Å²) in [5.74, 6) is 8.25. The summed E-state index contributed by atoms with van der Waals surface area (Å²) in [5, 5.41) is 32.4. The molecule has 2 aliphatic rings. The number of aliphatic hydroxyl groups is 2. The molecule has 0 spiro atoms. The van der Waals surface area contributed by atoms with E-state index in [0.717, 1.165) is 6.07 Å². The second-order valence-corrected chi connectivity index (χ2v) is 13.0. The van der Waals surface area contributed by atoms with Gasteiger partial charge in [-0.3, -0.25) is 9.59 Å². The molecule has 282 valence electrons. The van der Waals surface area contributed by atoms with Crippen molar-refractivity contribution in [3.63, 3.8) is 0 Å². The number of benzene rings is 2. The number of hydrogen-bond donors (Lipinski definition) is 5. The highest BCUT2D eigenvalue weighted by molar-refractivity contribution is 5.96. The average Bonchev–Trinajstić information content (AvgIpc) is 3.65. The highest BCUT2D eigenvalue weighted by Gasteiger charge is 2.29. The Labute approximate surface area is 307 Å². The lowest BCUT2D eigenvalue weighted by molar-refractivity contribution is 0.0904. The van der Waals surface area contributed by atoms with Gasteiger partial charge in [-0.1, -0.05) is 42.7 Å². The minimum atomic E-state index is -1.87. The lowest BCUT2D eigenvalue weighted by Gasteiger charge is -2.20. The van der Waals surface area contributed by atoms with Crippen LogP contribution in [0.3, 0.4) is 0 Å². The number of imidazole rings is 2. The first-order valence-corrected chi connectivity index (χ1v) is 16.4. The maximum atomic E-state index is 14.6. The number of oxime groups is 1. The van der Waals surface area contributed by atoms with E-state index in [1.165, 1.54) is 44.4 Å². The maximum Gasteiger partial charge on any atom is 0.268 e. The number of primary amides is 2. The van der Waals surface area contributed by atoms with Crippen molar-refractivity contribution in [3.8, 4) is 58.0 Å². The van der Waals surface area contributed by atoms with Crippen LogP contribution in [0, 0.1) is 41.2 Å². The molecule has 7 N–H and O–H groups in total. The van der Waals surface area contributed by atoms with E-state index in [0.29, 0.717) is 35.9 Å². The lowest BCUT2D eigenvalue weighted by Crippen LogP contribution is -2.37. The average molecular weight is 748 g/mol. The Bertz CT molecular complexity index is 2290. The number of nitrogens with zero attached hydrogens (tertiary/aromatic N) is 5. The topological polar surface area (TPSA) is 213 Å². The minimum Gasteiger partial charge on any atom is -0.491 e. The number of carbonyl (C=O) groups is 2. The van der Waals surface area contributed by atoms with E-state index in [-0.39, 0.29) is 58.9 Å². The van der Waals surface area contributed by atoms with Gasteiger partial charge in [0.1, 0.15) is 71.8 Å². The Balaban J connectivity index is 0.000000210. The Hall–Kier alpha value is -6.30. The van der Waals surface area contributed by atoms with Crippen LogP contribution in [0.5, 0.6) is 11.5 Å².